The molecule has 0 bridgehead atoms. The van der Waals surface area contributed by atoms with Crippen molar-refractivity contribution in [3.05, 3.63) is 0 Å². The van der Waals surface area contributed by atoms with Crippen LogP contribution < -0.4 is 0 Å². The lowest BCUT2D eigenvalue weighted by Gasteiger charge is -2.36. The van der Waals surface area contributed by atoms with E-state index in [9.17, 15) is 9.59 Å². The van der Waals surface area contributed by atoms with Gasteiger partial charge >= 0.3 is 12.2 Å². The van der Waals surface area contributed by atoms with Gasteiger partial charge in [-0.25, -0.2) is 9.59 Å². The molecule has 0 aliphatic carbocycles. The van der Waals surface area contributed by atoms with E-state index < -0.39 is 11.2 Å². The van der Waals surface area contributed by atoms with Gasteiger partial charge in [0, 0.05) is 26.2 Å². The molecule has 1 saturated heterocycles. The number of amides is 2. The second-order valence-electron chi connectivity index (χ2n) is 10.2. The van der Waals surface area contributed by atoms with Crippen molar-refractivity contribution < 1.29 is 19.1 Å². The van der Waals surface area contributed by atoms with Crippen molar-refractivity contribution in [3.8, 4) is 0 Å². The molecule has 26 heavy (non-hydrogen) atoms. The van der Waals surface area contributed by atoms with Crippen molar-refractivity contribution in [1.29, 1.82) is 0 Å². The van der Waals surface area contributed by atoms with E-state index in [4.69, 9.17) is 9.47 Å². The molecule has 0 spiro atoms. The average Bonchev–Trinajstić information content (AvgIpc) is 2.81. The zero-order chi connectivity index (χ0) is 20.3. The number of likely N-dealkylation sites (tertiary alicyclic amines) is 1. The Balaban J connectivity index is 2.67. The Morgan fingerprint density at radius 2 is 1.54 bits per heavy atom. The first kappa shape index (κ1) is 22.6. The molecule has 1 unspecified atom stereocenters. The van der Waals surface area contributed by atoms with Crippen LogP contribution in [0.2, 0.25) is 0 Å². The zero-order valence-electron chi connectivity index (χ0n) is 18.1. The number of ether oxygens (including phenoxy) is 2. The maximum absolute atomic E-state index is 12.5. The number of hydrogen-bond donors (Lipinski definition) is 0. The number of carbonyl (C=O) groups is 2. The van der Waals surface area contributed by atoms with E-state index in [1.54, 1.807) is 11.9 Å². The highest BCUT2D eigenvalue weighted by molar-refractivity contribution is 5.69. The Bertz CT molecular complexity index is 503. The van der Waals surface area contributed by atoms with Gasteiger partial charge in [0.05, 0.1) is 0 Å². The molecule has 0 N–H and O–H groups in total. The predicted molar refractivity (Wildman–Crippen MR) is 103 cm³/mol. The number of rotatable bonds is 4. The van der Waals surface area contributed by atoms with E-state index >= 15 is 0 Å². The quantitative estimate of drug-likeness (QED) is 0.721. The van der Waals surface area contributed by atoms with Gasteiger partial charge in [-0.1, -0.05) is 13.8 Å². The molecule has 152 valence electrons. The van der Waals surface area contributed by atoms with Crippen LogP contribution in [0.3, 0.4) is 0 Å². The van der Waals surface area contributed by atoms with Crippen LogP contribution in [0, 0.1) is 5.41 Å². The van der Waals surface area contributed by atoms with E-state index in [0.29, 0.717) is 6.54 Å². The van der Waals surface area contributed by atoms with E-state index in [0.717, 1.165) is 25.8 Å². The van der Waals surface area contributed by atoms with Crippen molar-refractivity contribution in [3.63, 3.8) is 0 Å². The minimum atomic E-state index is -0.506. The van der Waals surface area contributed by atoms with Crippen molar-refractivity contribution in [2.24, 2.45) is 5.41 Å². The van der Waals surface area contributed by atoms with Crippen molar-refractivity contribution in [2.45, 2.75) is 91.9 Å². The van der Waals surface area contributed by atoms with Crippen LogP contribution in [-0.2, 0) is 9.47 Å². The SMILES string of the molecule is CN(CC(C)(C)CC1CCCN1C(=O)OC(C)(C)C)C(=O)OC(C)(C)C. The maximum Gasteiger partial charge on any atom is 0.410 e. The monoisotopic (exact) mass is 370 g/mol. The van der Waals surface area contributed by atoms with E-state index in [2.05, 4.69) is 13.8 Å². The Kier molecular flexibility index (Phi) is 6.99. The van der Waals surface area contributed by atoms with Crippen LogP contribution in [0.25, 0.3) is 0 Å². The van der Waals surface area contributed by atoms with Gasteiger partial charge in [0.15, 0.2) is 0 Å². The molecule has 1 rings (SSSR count). The summed E-state index contributed by atoms with van der Waals surface area (Å²) in [5.41, 5.74) is -1.13. The summed E-state index contributed by atoms with van der Waals surface area (Å²) >= 11 is 0. The summed E-state index contributed by atoms with van der Waals surface area (Å²) in [4.78, 5) is 28.2. The third kappa shape index (κ3) is 7.83. The molecule has 0 saturated carbocycles. The Morgan fingerprint density at radius 3 is 2.04 bits per heavy atom. The van der Waals surface area contributed by atoms with E-state index in [1.807, 2.05) is 46.4 Å². The van der Waals surface area contributed by atoms with E-state index in [-0.39, 0.29) is 23.6 Å². The highest BCUT2D eigenvalue weighted by Crippen LogP contribution is 2.32. The summed E-state index contributed by atoms with van der Waals surface area (Å²) in [6.07, 6.45) is 2.22. The minimum absolute atomic E-state index is 0.138. The highest BCUT2D eigenvalue weighted by Gasteiger charge is 2.36. The summed E-state index contributed by atoms with van der Waals surface area (Å²) in [6.45, 7) is 16.8. The minimum Gasteiger partial charge on any atom is -0.444 e. The maximum atomic E-state index is 12.5. The first-order valence-corrected chi connectivity index (χ1v) is 9.53. The zero-order valence-corrected chi connectivity index (χ0v) is 18.1. The molecule has 0 aromatic rings. The normalized spacial score (nSPS) is 18.7. The van der Waals surface area contributed by atoms with Gasteiger partial charge in [-0.05, 0) is 66.2 Å². The lowest BCUT2D eigenvalue weighted by Crippen LogP contribution is -2.44. The summed E-state index contributed by atoms with van der Waals surface area (Å²) in [5, 5.41) is 0. The topological polar surface area (TPSA) is 59.1 Å². The average molecular weight is 371 g/mol. The van der Waals surface area contributed by atoms with Crippen LogP contribution in [0.15, 0.2) is 0 Å². The summed E-state index contributed by atoms with van der Waals surface area (Å²) in [5.74, 6) is 0. The summed E-state index contributed by atoms with van der Waals surface area (Å²) in [7, 11) is 1.76. The molecule has 1 atom stereocenters. The lowest BCUT2D eigenvalue weighted by molar-refractivity contribution is 0.0125. The van der Waals surface area contributed by atoms with Crippen LogP contribution >= 0.6 is 0 Å². The fraction of sp³-hybridized carbons (Fsp3) is 0.900. The van der Waals surface area contributed by atoms with Crippen molar-refractivity contribution in [1.82, 2.24) is 9.80 Å². The molecule has 2 amide bonds. The van der Waals surface area contributed by atoms with Crippen molar-refractivity contribution in [2.75, 3.05) is 20.1 Å². The number of nitrogens with zero attached hydrogens (tertiary/aromatic N) is 2. The standard InChI is InChI=1S/C20H38N2O4/c1-18(2,3)25-16(23)21(9)14-20(7,8)13-15-11-10-12-22(15)17(24)26-19(4,5)6/h15H,10-14H2,1-9H3. The Hall–Kier alpha value is -1.46. The molecule has 0 radical (unpaired) electrons. The number of hydrogen-bond acceptors (Lipinski definition) is 4. The lowest BCUT2D eigenvalue weighted by atomic mass is 9.84. The summed E-state index contributed by atoms with van der Waals surface area (Å²) in [6, 6.07) is 0.145. The fourth-order valence-electron chi connectivity index (χ4n) is 3.36. The summed E-state index contributed by atoms with van der Waals surface area (Å²) < 4.78 is 11.0. The van der Waals surface area contributed by atoms with Gasteiger partial charge in [0.25, 0.3) is 0 Å². The molecule has 1 fully saturated rings. The Morgan fingerprint density at radius 1 is 1.00 bits per heavy atom. The highest BCUT2D eigenvalue weighted by atomic mass is 16.6. The second kappa shape index (κ2) is 8.05. The number of carbonyl (C=O) groups excluding carboxylic acids is 2. The first-order valence-electron chi connectivity index (χ1n) is 9.53. The van der Waals surface area contributed by atoms with Gasteiger partial charge in [-0.2, -0.15) is 0 Å². The van der Waals surface area contributed by atoms with Gasteiger partial charge in [-0.3, -0.25) is 0 Å². The van der Waals surface area contributed by atoms with Crippen LogP contribution in [0.1, 0.15) is 74.7 Å². The van der Waals surface area contributed by atoms with Crippen LogP contribution in [-0.4, -0.2) is 59.4 Å². The van der Waals surface area contributed by atoms with Gasteiger partial charge < -0.3 is 19.3 Å². The fourth-order valence-corrected chi connectivity index (χ4v) is 3.36. The molecule has 0 aromatic carbocycles. The smallest absolute Gasteiger partial charge is 0.410 e. The molecular weight excluding hydrogens is 332 g/mol. The van der Waals surface area contributed by atoms with Gasteiger partial charge in [0.1, 0.15) is 11.2 Å². The molecule has 1 aliphatic rings. The van der Waals surface area contributed by atoms with Crippen LogP contribution in [0.5, 0.6) is 0 Å². The Labute approximate surface area is 159 Å². The predicted octanol–water partition coefficient (Wildman–Crippen LogP) is 4.67. The molecule has 1 aliphatic heterocycles. The third-order valence-corrected chi connectivity index (χ3v) is 4.16. The molecule has 6 heteroatoms. The van der Waals surface area contributed by atoms with Gasteiger partial charge in [0.2, 0.25) is 0 Å². The molecule has 6 nitrogen and oxygen atoms in total. The first-order chi connectivity index (χ1) is 11.6. The van der Waals surface area contributed by atoms with E-state index in [1.165, 1.54) is 0 Å². The van der Waals surface area contributed by atoms with Crippen molar-refractivity contribution >= 4 is 12.2 Å². The molecule has 1 heterocycles. The third-order valence-electron chi connectivity index (χ3n) is 4.16. The second-order valence-corrected chi connectivity index (χ2v) is 10.2. The largest absolute Gasteiger partial charge is 0.444 e. The van der Waals surface area contributed by atoms with Gasteiger partial charge in [-0.15, -0.1) is 0 Å². The van der Waals surface area contributed by atoms with Crippen LogP contribution in [0.4, 0.5) is 9.59 Å². The molecule has 0 aromatic heterocycles. The molecular formula is C20H38N2O4.